The Kier molecular flexibility index (Phi) is 9.07. The number of phenols is 1. The standard InChI is InChI=1S/C27H36O12/c1-35-17-5-12-4-14(9-28)16(10-29)22(13-6-19(36-2)23(31)20(7-13)37-3)15(12)8-18(17)38-27-26(34)25(33)24(32)21(11-30)39-27/h5-8,14,16,21-22,24-34H,4,9-11H2,1-3H3/t14-,16-,21+,22+,24+,25-,26+,27-/m0/s1. The Hall–Kier alpha value is -2.84. The molecule has 39 heavy (non-hydrogen) atoms. The Morgan fingerprint density at radius 3 is 1.95 bits per heavy atom. The molecule has 12 heteroatoms. The average molecular weight is 553 g/mol. The first-order chi connectivity index (χ1) is 18.7. The molecule has 1 heterocycles. The van der Waals surface area contributed by atoms with Gasteiger partial charge in [0.25, 0.3) is 0 Å². The van der Waals surface area contributed by atoms with Gasteiger partial charge in [-0.2, -0.15) is 0 Å². The molecule has 0 aromatic heterocycles. The fourth-order valence-electron chi connectivity index (χ4n) is 5.54. The van der Waals surface area contributed by atoms with E-state index in [0.717, 1.165) is 5.56 Å². The number of rotatable bonds is 9. The van der Waals surface area contributed by atoms with Gasteiger partial charge in [0.2, 0.25) is 12.0 Å². The summed E-state index contributed by atoms with van der Waals surface area (Å²) in [4.78, 5) is 0. The van der Waals surface area contributed by atoms with E-state index in [1.807, 2.05) is 0 Å². The zero-order valence-electron chi connectivity index (χ0n) is 21.9. The number of fused-ring (bicyclic) bond motifs is 1. The minimum atomic E-state index is -1.63. The van der Waals surface area contributed by atoms with E-state index in [4.69, 9.17) is 23.7 Å². The summed E-state index contributed by atoms with van der Waals surface area (Å²) < 4.78 is 27.7. The van der Waals surface area contributed by atoms with E-state index in [2.05, 4.69) is 0 Å². The number of ether oxygens (including phenoxy) is 5. The van der Waals surface area contributed by atoms with Crippen LogP contribution in [0.4, 0.5) is 0 Å². The summed E-state index contributed by atoms with van der Waals surface area (Å²) in [5, 5.41) is 71.4. The molecule has 0 unspecified atom stereocenters. The van der Waals surface area contributed by atoms with Gasteiger partial charge in [0.1, 0.15) is 24.4 Å². The van der Waals surface area contributed by atoms with Crippen molar-refractivity contribution in [3.05, 3.63) is 41.0 Å². The third-order valence-electron chi connectivity index (χ3n) is 7.67. The third kappa shape index (κ3) is 5.33. The molecule has 0 saturated carbocycles. The predicted molar refractivity (Wildman–Crippen MR) is 135 cm³/mol. The van der Waals surface area contributed by atoms with E-state index < -0.39 is 49.1 Å². The third-order valence-corrected chi connectivity index (χ3v) is 7.67. The van der Waals surface area contributed by atoms with Crippen molar-refractivity contribution in [3.63, 3.8) is 0 Å². The van der Waals surface area contributed by atoms with Crippen LogP contribution in [0.3, 0.4) is 0 Å². The lowest BCUT2D eigenvalue weighted by Crippen LogP contribution is -2.60. The highest BCUT2D eigenvalue weighted by atomic mass is 16.7. The lowest BCUT2D eigenvalue weighted by molar-refractivity contribution is -0.277. The molecule has 1 fully saturated rings. The Morgan fingerprint density at radius 1 is 0.769 bits per heavy atom. The van der Waals surface area contributed by atoms with Crippen molar-refractivity contribution in [2.75, 3.05) is 41.2 Å². The smallest absolute Gasteiger partial charge is 0.229 e. The quantitative estimate of drug-likeness (QED) is 0.212. The van der Waals surface area contributed by atoms with Crippen LogP contribution in [0.25, 0.3) is 0 Å². The second-order valence-electron chi connectivity index (χ2n) is 9.76. The second kappa shape index (κ2) is 12.1. The number of aliphatic hydroxyl groups is 6. The van der Waals surface area contributed by atoms with Crippen LogP contribution in [0.15, 0.2) is 24.3 Å². The molecule has 2 aliphatic rings. The van der Waals surface area contributed by atoms with Crippen molar-refractivity contribution >= 4 is 0 Å². The van der Waals surface area contributed by atoms with E-state index in [9.17, 15) is 35.7 Å². The maximum atomic E-state index is 10.5. The topological polar surface area (TPSA) is 188 Å². The molecule has 1 aliphatic carbocycles. The van der Waals surface area contributed by atoms with E-state index in [1.54, 1.807) is 24.3 Å². The highest BCUT2D eigenvalue weighted by Crippen LogP contribution is 2.50. The number of hydrogen-bond acceptors (Lipinski definition) is 12. The van der Waals surface area contributed by atoms with Crippen LogP contribution in [-0.2, 0) is 11.2 Å². The molecule has 8 atom stereocenters. The molecule has 2 aromatic carbocycles. The summed E-state index contributed by atoms with van der Waals surface area (Å²) in [7, 11) is 4.24. The van der Waals surface area contributed by atoms with Gasteiger partial charge in [-0.1, -0.05) is 0 Å². The van der Waals surface area contributed by atoms with Gasteiger partial charge in [0.15, 0.2) is 23.0 Å². The van der Waals surface area contributed by atoms with Crippen LogP contribution in [0.5, 0.6) is 28.7 Å². The fourth-order valence-corrected chi connectivity index (χ4v) is 5.54. The van der Waals surface area contributed by atoms with Gasteiger partial charge < -0.3 is 59.4 Å². The Labute approximate surface area is 225 Å². The SMILES string of the molecule is COc1cc2c(cc1O[C@H]1O[C@H](CO)[C@@H](O)[C@H](O)[C@H]1O)[C@@H](c1cc(OC)c(O)c(OC)c1)[C@@H](CO)[C@H](CO)C2. The van der Waals surface area contributed by atoms with Crippen LogP contribution in [0.1, 0.15) is 22.6 Å². The van der Waals surface area contributed by atoms with E-state index in [0.29, 0.717) is 17.5 Å². The lowest BCUT2D eigenvalue weighted by atomic mass is 9.67. The van der Waals surface area contributed by atoms with Gasteiger partial charge >= 0.3 is 0 Å². The Bertz CT molecular complexity index is 1110. The van der Waals surface area contributed by atoms with E-state index in [1.165, 1.54) is 21.3 Å². The maximum absolute atomic E-state index is 10.5. The van der Waals surface area contributed by atoms with Crippen molar-refractivity contribution in [2.24, 2.45) is 11.8 Å². The minimum Gasteiger partial charge on any atom is -0.502 e. The van der Waals surface area contributed by atoms with Crippen LogP contribution in [-0.4, -0.2) is 108 Å². The molecule has 7 N–H and O–H groups in total. The van der Waals surface area contributed by atoms with Crippen molar-refractivity contribution in [1.29, 1.82) is 0 Å². The molecule has 2 aromatic rings. The molecule has 4 rings (SSSR count). The first-order valence-corrected chi connectivity index (χ1v) is 12.6. The van der Waals surface area contributed by atoms with E-state index in [-0.39, 0.29) is 47.9 Å². The summed E-state index contributed by atoms with van der Waals surface area (Å²) in [5.74, 6) is -0.676. The normalized spacial score (nSPS) is 30.4. The van der Waals surface area contributed by atoms with Gasteiger partial charge in [0, 0.05) is 19.1 Å². The van der Waals surface area contributed by atoms with Crippen LogP contribution >= 0.6 is 0 Å². The molecule has 0 amide bonds. The molecule has 12 nitrogen and oxygen atoms in total. The summed E-state index contributed by atoms with van der Waals surface area (Å²) in [6.07, 6.45) is -6.98. The minimum absolute atomic E-state index is 0.141. The van der Waals surface area contributed by atoms with Crippen molar-refractivity contribution < 1.29 is 59.4 Å². The zero-order valence-corrected chi connectivity index (χ0v) is 21.9. The van der Waals surface area contributed by atoms with Crippen LogP contribution in [0.2, 0.25) is 0 Å². The summed E-state index contributed by atoms with van der Waals surface area (Å²) >= 11 is 0. The van der Waals surface area contributed by atoms with Gasteiger partial charge in [-0.25, -0.2) is 0 Å². The van der Waals surface area contributed by atoms with Crippen molar-refractivity contribution in [1.82, 2.24) is 0 Å². The van der Waals surface area contributed by atoms with Crippen molar-refractivity contribution in [3.8, 4) is 28.7 Å². The lowest BCUT2D eigenvalue weighted by Gasteiger charge is -2.41. The first-order valence-electron chi connectivity index (χ1n) is 12.6. The van der Waals surface area contributed by atoms with Gasteiger partial charge in [-0.15, -0.1) is 0 Å². The Balaban J connectivity index is 1.83. The highest BCUT2D eigenvalue weighted by molar-refractivity contribution is 5.58. The number of benzene rings is 2. The van der Waals surface area contributed by atoms with Gasteiger partial charge in [0.05, 0.1) is 27.9 Å². The summed E-state index contributed by atoms with van der Waals surface area (Å²) in [5.41, 5.74) is 2.17. The Morgan fingerprint density at radius 2 is 1.41 bits per heavy atom. The van der Waals surface area contributed by atoms with Gasteiger partial charge in [-0.05, 0) is 59.2 Å². The summed E-state index contributed by atoms with van der Waals surface area (Å²) in [6, 6.07) is 6.67. The highest BCUT2D eigenvalue weighted by Gasteiger charge is 2.45. The summed E-state index contributed by atoms with van der Waals surface area (Å²) in [6.45, 7) is -1.05. The van der Waals surface area contributed by atoms with Crippen LogP contribution < -0.4 is 18.9 Å². The van der Waals surface area contributed by atoms with E-state index >= 15 is 0 Å². The fraction of sp³-hybridized carbons (Fsp3) is 0.556. The maximum Gasteiger partial charge on any atom is 0.229 e. The number of hydrogen-bond donors (Lipinski definition) is 7. The molecule has 0 spiro atoms. The number of aromatic hydroxyl groups is 1. The largest absolute Gasteiger partial charge is 0.502 e. The number of phenolic OH excluding ortho intramolecular Hbond substituents is 1. The molecule has 216 valence electrons. The predicted octanol–water partition coefficient (Wildman–Crippen LogP) is -0.498. The molecular weight excluding hydrogens is 516 g/mol. The van der Waals surface area contributed by atoms with Gasteiger partial charge in [-0.3, -0.25) is 0 Å². The average Bonchev–Trinajstić information content (AvgIpc) is 2.96. The first kappa shape index (κ1) is 29.2. The monoisotopic (exact) mass is 552 g/mol. The number of aliphatic hydroxyl groups excluding tert-OH is 6. The second-order valence-corrected chi connectivity index (χ2v) is 9.76. The van der Waals surface area contributed by atoms with Crippen LogP contribution in [0, 0.1) is 11.8 Å². The molecule has 1 aliphatic heterocycles. The molecular formula is C27H36O12. The number of methoxy groups -OCH3 is 3. The molecule has 0 radical (unpaired) electrons. The molecule has 0 bridgehead atoms. The zero-order chi connectivity index (χ0) is 28.4. The molecule has 1 saturated heterocycles. The van der Waals surface area contributed by atoms with Crippen molar-refractivity contribution in [2.45, 2.75) is 43.0 Å².